The fourth-order valence-corrected chi connectivity index (χ4v) is 2.89. The van der Waals surface area contributed by atoms with Gasteiger partial charge < -0.3 is 19.7 Å². The molecule has 0 saturated carbocycles. The van der Waals surface area contributed by atoms with Crippen LogP contribution in [0.25, 0.3) is 0 Å². The fourth-order valence-electron chi connectivity index (χ4n) is 2.40. The first-order valence-corrected chi connectivity index (χ1v) is 9.67. The van der Waals surface area contributed by atoms with Crippen molar-refractivity contribution in [1.82, 2.24) is 10.2 Å². The first kappa shape index (κ1) is 24.2. The van der Waals surface area contributed by atoms with Gasteiger partial charge >= 0.3 is 0 Å². The molecule has 0 radical (unpaired) electrons. The molecule has 5 nitrogen and oxygen atoms in total. The maximum Gasteiger partial charge on any atom is 0.193 e. The highest BCUT2D eigenvalue weighted by molar-refractivity contribution is 14.0. The zero-order chi connectivity index (χ0) is 17.8. The summed E-state index contributed by atoms with van der Waals surface area (Å²) in [5.74, 6) is 3.70. The Labute approximate surface area is 174 Å². The third-order valence-corrected chi connectivity index (χ3v) is 4.51. The molecule has 0 bridgehead atoms. The molecule has 1 aromatic carbocycles. The summed E-state index contributed by atoms with van der Waals surface area (Å²) in [6.07, 6.45) is 5.47. The van der Waals surface area contributed by atoms with E-state index in [2.05, 4.69) is 34.6 Å². The van der Waals surface area contributed by atoms with Crippen LogP contribution in [0.3, 0.4) is 0 Å². The maximum absolute atomic E-state index is 5.36. The molecule has 0 aliphatic carbocycles. The Bertz CT molecular complexity index is 515. The van der Waals surface area contributed by atoms with Crippen LogP contribution in [0.2, 0.25) is 0 Å². The molecule has 1 N–H and O–H groups in total. The predicted octanol–water partition coefficient (Wildman–Crippen LogP) is 3.51. The number of unbranched alkanes of at least 4 members (excludes halogenated alkanes) is 1. The van der Waals surface area contributed by atoms with E-state index in [9.17, 15) is 0 Å². The molecular weight excluding hydrogens is 449 g/mol. The summed E-state index contributed by atoms with van der Waals surface area (Å²) in [4.78, 5) is 6.52. The van der Waals surface area contributed by atoms with Crippen LogP contribution in [0.5, 0.6) is 11.5 Å². The van der Waals surface area contributed by atoms with E-state index in [0.29, 0.717) is 0 Å². The molecule has 0 aliphatic heterocycles. The molecular formula is C18H32IN3O2S. The smallest absolute Gasteiger partial charge is 0.193 e. The highest BCUT2D eigenvalue weighted by Gasteiger charge is 2.08. The lowest BCUT2D eigenvalue weighted by atomic mass is 10.1. The number of hydrogen-bond donors (Lipinski definition) is 1. The topological polar surface area (TPSA) is 46.1 Å². The summed E-state index contributed by atoms with van der Waals surface area (Å²) >= 11 is 1.90. The molecule has 1 rings (SSSR count). The summed E-state index contributed by atoms with van der Waals surface area (Å²) in [5.41, 5.74) is 1.22. The van der Waals surface area contributed by atoms with Gasteiger partial charge in [0.15, 0.2) is 17.5 Å². The van der Waals surface area contributed by atoms with Crippen molar-refractivity contribution in [2.24, 2.45) is 4.99 Å². The number of ether oxygens (including phenoxy) is 2. The molecule has 0 fully saturated rings. The van der Waals surface area contributed by atoms with E-state index >= 15 is 0 Å². The predicted molar refractivity (Wildman–Crippen MR) is 120 cm³/mol. The Morgan fingerprint density at radius 2 is 1.92 bits per heavy atom. The fraction of sp³-hybridized carbons (Fsp3) is 0.611. The van der Waals surface area contributed by atoms with Crippen molar-refractivity contribution < 1.29 is 9.47 Å². The number of guanidine groups is 1. The third-order valence-electron chi connectivity index (χ3n) is 3.82. The standard InChI is InChI=1S/C18H31N3O2S.HI/c1-19-18(20-11-6-7-13-24-5)21(2)12-10-15-8-9-16(22-3)17(14-15)23-4;/h8-9,14H,6-7,10-13H2,1-5H3,(H,19,20);1H. The first-order chi connectivity index (χ1) is 11.7. The highest BCUT2D eigenvalue weighted by atomic mass is 127. The largest absolute Gasteiger partial charge is 0.493 e. The van der Waals surface area contributed by atoms with Crippen molar-refractivity contribution in [1.29, 1.82) is 0 Å². The number of aliphatic imine (C=N–C) groups is 1. The molecule has 7 heteroatoms. The molecule has 0 unspecified atom stereocenters. The Balaban J connectivity index is 0.00000576. The van der Waals surface area contributed by atoms with Crippen molar-refractivity contribution in [3.05, 3.63) is 23.8 Å². The lowest BCUT2D eigenvalue weighted by Crippen LogP contribution is -2.40. The zero-order valence-electron chi connectivity index (χ0n) is 16.0. The Hall–Kier alpha value is -0.830. The normalized spacial score (nSPS) is 10.8. The van der Waals surface area contributed by atoms with Gasteiger partial charge in [-0.05, 0) is 49.0 Å². The number of nitrogens with zero attached hydrogens (tertiary/aromatic N) is 2. The summed E-state index contributed by atoms with van der Waals surface area (Å²) in [5, 5.41) is 3.43. The van der Waals surface area contributed by atoms with Gasteiger partial charge in [0.1, 0.15) is 0 Å². The van der Waals surface area contributed by atoms with Crippen molar-refractivity contribution in [2.45, 2.75) is 19.3 Å². The highest BCUT2D eigenvalue weighted by Crippen LogP contribution is 2.27. The van der Waals surface area contributed by atoms with Crippen LogP contribution in [-0.2, 0) is 6.42 Å². The first-order valence-electron chi connectivity index (χ1n) is 8.27. The molecule has 144 valence electrons. The van der Waals surface area contributed by atoms with Crippen molar-refractivity contribution >= 4 is 41.7 Å². The average Bonchev–Trinajstić information content (AvgIpc) is 2.62. The number of methoxy groups -OCH3 is 2. The Morgan fingerprint density at radius 1 is 1.20 bits per heavy atom. The second kappa shape index (κ2) is 14.4. The lowest BCUT2D eigenvalue weighted by molar-refractivity contribution is 0.354. The number of hydrogen-bond acceptors (Lipinski definition) is 4. The molecule has 0 aromatic heterocycles. The zero-order valence-corrected chi connectivity index (χ0v) is 19.1. The average molecular weight is 481 g/mol. The van der Waals surface area contributed by atoms with Gasteiger partial charge in [0.05, 0.1) is 14.2 Å². The number of nitrogens with one attached hydrogen (secondary N) is 1. The number of benzene rings is 1. The van der Waals surface area contributed by atoms with E-state index in [1.165, 1.54) is 24.2 Å². The molecule has 25 heavy (non-hydrogen) atoms. The van der Waals surface area contributed by atoms with E-state index in [-0.39, 0.29) is 24.0 Å². The minimum Gasteiger partial charge on any atom is -0.493 e. The Kier molecular flexibility index (Phi) is 13.9. The number of rotatable bonds is 10. The van der Waals surface area contributed by atoms with Gasteiger partial charge in [-0.15, -0.1) is 24.0 Å². The minimum atomic E-state index is 0. The second-order valence-corrected chi connectivity index (χ2v) is 6.52. The van der Waals surface area contributed by atoms with Gasteiger partial charge in [0.2, 0.25) is 0 Å². The molecule has 0 aliphatic rings. The Morgan fingerprint density at radius 3 is 2.52 bits per heavy atom. The third kappa shape index (κ3) is 8.89. The van der Waals surface area contributed by atoms with Crippen LogP contribution in [0, 0.1) is 0 Å². The summed E-state index contributed by atoms with van der Waals surface area (Å²) in [6.45, 7) is 1.86. The molecule has 0 amide bonds. The van der Waals surface area contributed by atoms with Gasteiger partial charge in [0, 0.05) is 27.2 Å². The van der Waals surface area contributed by atoms with E-state index in [0.717, 1.165) is 37.0 Å². The van der Waals surface area contributed by atoms with E-state index in [1.54, 1.807) is 14.2 Å². The van der Waals surface area contributed by atoms with Crippen LogP contribution < -0.4 is 14.8 Å². The molecule has 0 heterocycles. The van der Waals surface area contributed by atoms with Crippen molar-refractivity contribution in [3.8, 4) is 11.5 Å². The van der Waals surface area contributed by atoms with E-state index < -0.39 is 0 Å². The van der Waals surface area contributed by atoms with Gasteiger partial charge in [0.25, 0.3) is 0 Å². The van der Waals surface area contributed by atoms with Crippen LogP contribution in [0.15, 0.2) is 23.2 Å². The van der Waals surface area contributed by atoms with Gasteiger partial charge in [-0.2, -0.15) is 11.8 Å². The molecule has 0 atom stereocenters. The van der Waals surface area contributed by atoms with Crippen LogP contribution in [0.1, 0.15) is 18.4 Å². The van der Waals surface area contributed by atoms with Crippen LogP contribution in [0.4, 0.5) is 0 Å². The molecule has 0 saturated heterocycles. The molecule has 0 spiro atoms. The van der Waals surface area contributed by atoms with Crippen molar-refractivity contribution in [2.75, 3.05) is 53.4 Å². The summed E-state index contributed by atoms with van der Waals surface area (Å²) in [7, 11) is 7.21. The second-order valence-electron chi connectivity index (χ2n) is 5.53. The SMILES string of the molecule is CN=C(NCCCCSC)N(C)CCc1ccc(OC)c(OC)c1.I. The van der Waals surface area contributed by atoms with E-state index in [4.69, 9.17) is 9.47 Å². The number of likely N-dealkylation sites (N-methyl/N-ethyl adjacent to an activating group) is 1. The maximum atomic E-state index is 5.36. The quantitative estimate of drug-likeness (QED) is 0.240. The summed E-state index contributed by atoms with van der Waals surface area (Å²) < 4.78 is 10.6. The monoisotopic (exact) mass is 481 g/mol. The van der Waals surface area contributed by atoms with Gasteiger partial charge in [-0.1, -0.05) is 6.07 Å². The lowest BCUT2D eigenvalue weighted by Gasteiger charge is -2.22. The van der Waals surface area contributed by atoms with Gasteiger partial charge in [-0.25, -0.2) is 0 Å². The minimum absolute atomic E-state index is 0. The summed E-state index contributed by atoms with van der Waals surface area (Å²) in [6, 6.07) is 6.06. The number of halogens is 1. The number of thioether (sulfide) groups is 1. The van der Waals surface area contributed by atoms with Crippen molar-refractivity contribution in [3.63, 3.8) is 0 Å². The molecule has 1 aromatic rings. The van der Waals surface area contributed by atoms with Crippen LogP contribution >= 0.6 is 35.7 Å². The van der Waals surface area contributed by atoms with Crippen LogP contribution in [-0.4, -0.2) is 64.3 Å². The van der Waals surface area contributed by atoms with E-state index in [1.807, 2.05) is 30.9 Å². The van der Waals surface area contributed by atoms with Gasteiger partial charge in [-0.3, -0.25) is 4.99 Å².